The molecule has 5 nitrogen and oxygen atoms in total. The molecule has 0 amide bonds. The normalized spacial score (nSPS) is 13.3. The van der Waals surface area contributed by atoms with Crippen LogP contribution in [-0.4, -0.2) is 36.5 Å². The van der Waals surface area contributed by atoms with E-state index in [1.807, 2.05) is 0 Å². The van der Waals surface area contributed by atoms with E-state index >= 15 is 0 Å². The van der Waals surface area contributed by atoms with E-state index in [0.717, 1.165) is 12.1 Å². The largest absolute Gasteiger partial charge is 0.416 e. The van der Waals surface area contributed by atoms with Crippen LogP contribution in [0.15, 0.2) is 12.1 Å². The summed E-state index contributed by atoms with van der Waals surface area (Å²) in [6.45, 7) is 0.429. The molecule has 4 N–H and O–H groups in total. The van der Waals surface area contributed by atoms with Crippen molar-refractivity contribution in [2.75, 3.05) is 31.3 Å². The maximum Gasteiger partial charge on any atom is 0.416 e. The number of aromatic nitrogens is 1. The number of aliphatic hydroxyl groups is 1. The Morgan fingerprint density at radius 3 is 2.74 bits per heavy atom. The van der Waals surface area contributed by atoms with Crippen molar-refractivity contribution < 1.29 is 23.0 Å². The summed E-state index contributed by atoms with van der Waals surface area (Å²) in [5.74, 6) is -0.188. The van der Waals surface area contributed by atoms with Crippen molar-refractivity contribution >= 4 is 11.6 Å². The number of nitrogens with zero attached hydrogens (tertiary/aromatic N) is 1. The van der Waals surface area contributed by atoms with E-state index in [9.17, 15) is 18.3 Å². The molecule has 0 bridgehead atoms. The average molecular weight is 279 g/mol. The fourth-order valence-corrected chi connectivity index (χ4v) is 1.45. The quantitative estimate of drug-likeness (QED) is 0.735. The predicted octanol–water partition coefficient (Wildman–Crippen LogP) is 1.49. The maximum absolute atomic E-state index is 12.5. The minimum atomic E-state index is -4.47. The van der Waals surface area contributed by atoms with Crippen molar-refractivity contribution in [3.05, 3.63) is 17.7 Å². The van der Waals surface area contributed by atoms with Crippen LogP contribution in [0.2, 0.25) is 0 Å². The molecule has 1 unspecified atom stereocenters. The molecule has 0 aromatic carbocycles. The van der Waals surface area contributed by atoms with E-state index in [0.29, 0.717) is 6.42 Å². The number of nitrogens with two attached hydrogens (primary N) is 1. The van der Waals surface area contributed by atoms with Crippen LogP contribution in [0.5, 0.6) is 0 Å². The lowest BCUT2D eigenvalue weighted by Crippen LogP contribution is -2.19. The van der Waals surface area contributed by atoms with Gasteiger partial charge in [-0.2, -0.15) is 13.2 Å². The molecule has 1 heterocycles. The zero-order chi connectivity index (χ0) is 14.5. The van der Waals surface area contributed by atoms with E-state index in [4.69, 9.17) is 10.5 Å². The maximum atomic E-state index is 12.5. The third-order valence-corrected chi connectivity index (χ3v) is 2.32. The first-order chi connectivity index (χ1) is 8.82. The number of nitrogen functional groups attached to an aromatic ring is 1. The smallest absolute Gasteiger partial charge is 0.391 e. The van der Waals surface area contributed by atoms with Crippen LogP contribution in [0.1, 0.15) is 12.0 Å². The van der Waals surface area contributed by atoms with Gasteiger partial charge in [0.1, 0.15) is 11.6 Å². The number of hydrogen-bond acceptors (Lipinski definition) is 5. The van der Waals surface area contributed by atoms with Crippen LogP contribution in [0.3, 0.4) is 0 Å². The van der Waals surface area contributed by atoms with Crippen molar-refractivity contribution in [1.82, 2.24) is 4.98 Å². The molecule has 0 spiro atoms. The van der Waals surface area contributed by atoms with Crippen molar-refractivity contribution in [2.45, 2.75) is 18.7 Å². The van der Waals surface area contributed by atoms with Crippen molar-refractivity contribution in [3.8, 4) is 0 Å². The number of methoxy groups -OCH3 is 1. The van der Waals surface area contributed by atoms with Gasteiger partial charge >= 0.3 is 6.18 Å². The van der Waals surface area contributed by atoms with Crippen LogP contribution in [0.4, 0.5) is 24.8 Å². The van der Waals surface area contributed by atoms with Gasteiger partial charge in [0.15, 0.2) is 0 Å². The van der Waals surface area contributed by atoms with Crippen LogP contribution in [0, 0.1) is 0 Å². The molecule has 0 fully saturated rings. The molecule has 0 aliphatic rings. The standard InChI is InChI=1S/C11H16F3N3O2/c1-19-6-8(18)2-3-16-10-5-7(11(12,13)14)4-9(15)17-10/h4-5,8,18H,2-3,6H2,1H3,(H3,15,16,17). The Balaban J connectivity index is 2.61. The third kappa shape index (κ3) is 5.31. The SMILES string of the molecule is COCC(O)CCNc1cc(C(F)(F)F)cc(N)n1. The summed E-state index contributed by atoms with van der Waals surface area (Å²) in [4.78, 5) is 3.74. The lowest BCUT2D eigenvalue weighted by molar-refractivity contribution is -0.137. The Morgan fingerprint density at radius 2 is 2.16 bits per heavy atom. The number of rotatable bonds is 6. The summed E-state index contributed by atoms with van der Waals surface area (Å²) in [5.41, 5.74) is 4.45. The van der Waals surface area contributed by atoms with Gasteiger partial charge in [-0.1, -0.05) is 0 Å². The minimum Gasteiger partial charge on any atom is -0.391 e. The zero-order valence-corrected chi connectivity index (χ0v) is 10.4. The van der Waals surface area contributed by atoms with E-state index in [1.54, 1.807) is 0 Å². The van der Waals surface area contributed by atoms with Crippen LogP contribution >= 0.6 is 0 Å². The summed E-state index contributed by atoms with van der Waals surface area (Å²) in [6, 6.07) is 1.64. The molecular formula is C11H16F3N3O2. The fraction of sp³-hybridized carbons (Fsp3) is 0.545. The Kier molecular flexibility index (Phi) is 5.37. The van der Waals surface area contributed by atoms with E-state index in [-0.39, 0.29) is 24.8 Å². The van der Waals surface area contributed by atoms with Gasteiger partial charge < -0.3 is 20.9 Å². The molecule has 1 aromatic heterocycles. The number of halogens is 3. The summed E-state index contributed by atoms with van der Waals surface area (Å²) in [6.07, 6.45) is -4.82. The predicted molar refractivity (Wildman–Crippen MR) is 64.6 cm³/mol. The molecule has 0 radical (unpaired) electrons. The molecule has 0 saturated heterocycles. The Bertz CT molecular complexity index is 413. The highest BCUT2D eigenvalue weighted by atomic mass is 19.4. The summed E-state index contributed by atoms with van der Waals surface area (Å²) in [5, 5.41) is 12.1. The van der Waals surface area contributed by atoms with Crippen molar-refractivity contribution in [2.24, 2.45) is 0 Å². The van der Waals surface area contributed by atoms with E-state index in [1.165, 1.54) is 7.11 Å². The first-order valence-corrected chi connectivity index (χ1v) is 5.58. The molecular weight excluding hydrogens is 263 g/mol. The second kappa shape index (κ2) is 6.58. The number of alkyl halides is 3. The lowest BCUT2D eigenvalue weighted by atomic mass is 10.2. The third-order valence-electron chi connectivity index (χ3n) is 2.32. The molecule has 1 atom stereocenters. The summed E-state index contributed by atoms with van der Waals surface area (Å²) < 4.78 is 42.3. The first-order valence-electron chi connectivity index (χ1n) is 5.58. The van der Waals surface area contributed by atoms with Crippen LogP contribution < -0.4 is 11.1 Å². The van der Waals surface area contributed by atoms with E-state index in [2.05, 4.69) is 10.3 Å². The molecule has 1 aromatic rings. The average Bonchev–Trinajstić information content (AvgIpc) is 2.27. The first kappa shape index (κ1) is 15.5. The number of ether oxygens (including phenoxy) is 1. The molecule has 1 rings (SSSR count). The van der Waals surface area contributed by atoms with Gasteiger partial charge in [0.05, 0.1) is 18.3 Å². The minimum absolute atomic E-state index is 0.0249. The van der Waals surface area contributed by atoms with Gasteiger partial charge in [-0.15, -0.1) is 0 Å². The van der Waals surface area contributed by atoms with Gasteiger partial charge in [0.2, 0.25) is 0 Å². The van der Waals surface area contributed by atoms with Crippen molar-refractivity contribution in [1.29, 1.82) is 0 Å². The van der Waals surface area contributed by atoms with Gasteiger partial charge in [-0.3, -0.25) is 0 Å². The number of nitrogens with one attached hydrogen (secondary N) is 1. The molecule has 0 saturated carbocycles. The van der Waals surface area contributed by atoms with Crippen LogP contribution in [0.25, 0.3) is 0 Å². The summed E-state index contributed by atoms with van der Waals surface area (Å²) >= 11 is 0. The highest BCUT2D eigenvalue weighted by Gasteiger charge is 2.31. The van der Waals surface area contributed by atoms with Gasteiger partial charge in [-0.05, 0) is 18.6 Å². The fourth-order valence-electron chi connectivity index (χ4n) is 1.45. The molecule has 108 valence electrons. The number of aliphatic hydroxyl groups excluding tert-OH is 1. The Morgan fingerprint density at radius 1 is 1.47 bits per heavy atom. The van der Waals surface area contributed by atoms with Gasteiger partial charge in [0, 0.05) is 13.7 Å². The highest BCUT2D eigenvalue weighted by molar-refractivity contribution is 5.47. The number of pyridine rings is 1. The van der Waals surface area contributed by atoms with E-state index < -0.39 is 17.8 Å². The number of anilines is 2. The Labute approximate surface area is 108 Å². The zero-order valence-electron chi connectivity index (χ0n) is 10.4. The molecule has 19 heavy (non-hydrogen) atoms. The van der Waals surface area contributed by atoms with Gasteiger partial charge in [0.25, 0.3) is 0 Å². The van der Waals surface area contributed by atoms with Gasteiger partial charge in [-0.25, -0.2) is 4.98 Å². The summed E-state index contributed by atoms with van der Waals surface area (Å²) in [7, 11) is 1.45. The second-order valence-corrected chi connectivity index (χ2v) is 3.99. The van der Waals surface area contributed by atoms with Crippen LogP contribution in [-0.2, 0) is 10.9 Å². The monoisotopic (exact) mass is 279 g/mol. The Hall–Kier alpha value is -1.54. The molecule has 0 aliphatic heterocycles. The second-order valence-electron chi connectivity index (χ2n) is 3.99. The molecule has 0 aliphatic carbocycles. The lowest BCUT2D eigenvalue weighted by Gasteiger charge is -2.13. The topological polar surface area (TPSA) is 80.4 Å². The van der Waals surface area contributed by atoms with Crippen molar-refractivity contribution in [3.63, 3.8) is 0 Å². The molecule has 8 heteroatoms. The number of hydrogen-bond donors (Lipinski definition) is 3. The highest BCUT2D eigenvalue weighted by Crippen LogP contribution is 2.31.